The molecule has 16 heavy (non-hydrogen) atoms. The number of hydrogen-bond donors (Lipinski definition) is 0. The van der Waals surface area contributed by atoms with Crippen LogP contribution in [0.15, 0.2) is 9.98 Å². The van der Waals surface area contributed by atoms with Gasteiger partial charge in [-0.25, -0.2) is 4.99 Å². The van der Waals surface area contributed by atoms with Crippen molar-refractivity contribution in [2.45, 2.75) is 32.1 Å². The summed E-state index contributed by atoms with van der Waals surface area (Å²) >= 11 is 5.81. The van der Waals surface area contributed by atoms with Crippen LogP contribution in [0.25, 0.3) is 0 Å². The second kappa shape index (κ2) is 4.53. The molecule has 0 aromatic rings. The van der Waals surface area contributed by atoms with Crippen molar-refractivity contribution < 1.29 is 9.53 Å². The highest BCUT2D eigenvalue weighted by Gasteiger charge is 2.46. The lowest BCUT2D eigenvalue weighted by Gasteiger charge is -2.28. The number of methoxy groups -OCH3 is 1. The van der Waals surface area contributed by atoms with Crippen LogP contribution >= 0.6 is 11.6 Å². The maximum absolute atomic E-state index is 12.0. The fourth-order valence-corrected chi connectivity index (χ4v) is 2.77. The number of esters is 1. The molecule has 0 spiro atoms. The molecular formula is C11H15ClN2O2. The lowest BCUT2D eigenvalue weighted by Crippen LogP contribution is -2.39. The van der Waals surface area contributed by atoms with E-state index in [1.165, 1.54) is 7.11 Å². The Balaban J connectivity index is 2.33. The molecule has 0 N–H and O–H groups in total. The molecule has 0 atom stereocenters. The van der Waals surface area contributed by atoms with Crippen molar-refractivity contribution >= 4 is 28.6 Å². The van der Waals surface area contributed by atoms with E-state index in [2.05, 4.69) is 9.98 Å². The van der Waals surface area contributed by atoms with Gasteiger partial charge in [0.15, 0.2) is 0 Å². The van der Waals surface area contributed by atoms with Crippen molar-refractivity contribution in [3.05, 3.63) is 0 Å². The lowest BCUT2D eigenvalue weighted by molar-refractivity contribution is -0.148. The summed E-state index contributed by atoms with van der Waals surface area (Å²) in [4.78, 5) is 20.2. The summed E-state index contributed by atoms with van der Waals surface area (Å²) in [5.74, 6) is -0.171. The number of carbonyl (C=O) groups is 1. The molecule has 4 nitrogen and oxygen atoms in total. The van der Waals surface area contributed by atoms with Gasteiger partial charge in [-0.1, -0.05) is 12.8 Å². The second-order valence-electron chi connectivity index (χ2n) is 4.24. The quantitative estimate of drug-likeness (QED) is 0.550. The van der Waals surface area contributed by atoms with Gasteiger partial charge in [0.2, 0.25) is 5.29 Å². The Bertz CT molecular complexity index is 357. The minimum atomic E-state index is -0.523. The molecule has 2 aliphatic rings. The Morgan fingerprint density at radius 1 is 1.44 bits per heavy atom. The first-order valence-electron chi connectivity index (χ1n) is 5.55. The van der Waals surface area contributed by atoms with Crippen LogP contribution in [0, 0.1) is 5.41 Å². The van der Waals surface area contributed by atoms with Crippen LogP contribution in [0.4, 0.5) is 0 Å². The van der Waals surface area contributed by atoms with Gasteiger partial charge in [-0.15, -0.1) is 0 Å². The van der Waals surface area contributed by atoms with E-state index in [1.54, 1.807) is 0 Å². The molecule has 88 valence electrons. The monoisotopic (exact) mass is 242 g/mol. The van der Waals surface area contributed by atoms with Crippen molar-refractivity contribution in [3.8, 4) is 0 Å². The minimum absolute atomic E-state index is 0.171. The van der Waals surface area contributed by atoms with Crippen LogP contribution in [0.5, 0.6) is 0 Å². The fourth-order valence-electron chi connectivity index (χ4n) is 2.59. The van der Waals surface area contributed by atoms with E-state index in [0.717, 1.165) is 31.4 Å². The molecule has 0 unspecified atom stereocenters. The largest absolute Gasteiger partial charge is 0.468 e. The third kappa shape index (κ3) is 1.86. The normalized spacial score (nSPS) is 23.6. The molecule has 1 fully saturated rings. The highest BCUT2D eigenvalue weighted by molar-refractivity contribution is 6.66. The van der Waals surface area contributed by atoms with Crippen molar-refractivity contribution in [2.75, 3.05) is 13.7 Å². The summed E-state index contributed by atoms with van der Waals surface area (Å²) in [5, 5.41) is 0.261. The Labute approximate surface area is 99.7 Å². The third-order valence-electron chi connectivity index (χ3n) is 3.40. The average Bonchev–Trinajstić information content (AvgIpc) is 2.78. The van der Waals surface area contributed by atoms with Gasteiger partial charge in [-0.3, -0.25) is 9.79 Å². The molecule has 1 heterocycles. The molecule has 0 aromatic carbocycles. The minimum Gasteiger partial charge on any atom is -0.468 e. The summed E-state index contributed by atoms with van der Waals surface area (Å²) in [7, 11) is 1.43. The van der Waals surface area contributed by atoms with Gasteiger partial charge < -0.3 is 4.74 Å². The number of halogens is 1. The molecule has 1 aliphatic heterocycles. The van der Waals surface area contributed by atoms with E-state index in [1.807, 2.05) is 0 Å². The standard InChI is InChI=1S/C11H15ClN2O2/c1-16-9(15)11(5-2-3-6-11)8-4-7-13-10(12)14-8/h2-7H2,1H3. The topological polar surface area (TPSA) is 51.0 Å². The lowest BCUT2D eigenvalue weighted by atomic mass is 9.79. The number of hydrogen-bond acceptors (Lipinski definition) is 4. The van der Waals surface area contributed by atoms with Gasteiger partial charge in [0, 0.05) is 18.7 Å². The first-order chi connectivity index (χ1) is 7.69. The maximum atomic E-state index is 12.0. The SMILES string of the molecule is COC(=O)C1(C2=NC(Cl)=NCC2)CCCC1. The van der Waals surface area contributed by atoms with Gasteiger partial charge in [0.1, 0.15) is 5.41 Å². The molecule has 1 aliphatic carbocycles. The summed E-state index contributed by atoms with van der Waals surface area (Å²) in [6, 6.07) is 0. The Morgan fingerprint density at radius 3 is 2.69 bits per heavy atom. The second-order valence-corrected chi connectivity index (χ2v) is 4.58. The first kappa shape index (κ1) is 11.6. The van der Waals surface area contributed by atoms with Crippen molar-refractivity contribution in [2.24, 2.45) is 15.4 Å². The average molecular weight is 243 g/mol. The van der Waals surface area contributed by atoms with Gasteiger partial charge in [-0.05, 0) is 24.4 Å². The first-order valence-corrected chi connectivity index (χ1v) is 5.93. The van der Waals surface area contributed by atoms with E-state index >= 15 is 0 Å². The number of amidine groups is 1. The van der Waals surface area contributed by atoms with Crippen LogP contribution in [0.2, 0.25) is 0 Å². The number of rotatable bonds is 2. The molecule has 0 saturated heterocycles. The van der Waals surface area contributed by atoms with E-state index < -0.39 is 5.41 Å². The van der Waals surface area contributed by atoms with Gasteiger partial charge in [0.25, 0.3) is 0 Å². The Kier molecular flexibility index (Phi) is 3.28. The Hall–Kier alpha value is -0.900. The van der Waals surface area contributed by atoms with E-state index in [-0.39, 0.29) is 11.3 Å². The molecule has 0 radical (unpaired) electrons. The zero-order valence-electron chi connectivity index (χ0n) is 9.33. The van der Waals surface area contributed by atoms with Crippen LogP contribution < -0.4 is 0 Å². The summed E-state index contributed by atoms with van der Waals surface area (Å²) < 4.78 is 4.92. The van der Waals surface area contributed by atoms with Crippen LogP contribution in [-0.4, -0.2) is 30.6 Å². The molecule has 0 amide bonds. The molecular weight excluding hydrogens is 228 g/mol. The van der Waals surface area contributed by atoms with Gasteiger partial charge >= 0.3 is 5.97 Å². The molecule has 2 rings (SSSR count). The highest BCUT2D eigenvalue weighted by atomic mass is 35.5. The number of ether oxygens (including phenoxy) is 1. The van der Waals surface area contributed by atoms with Crippen molar-refractivity contribution in [1.82, 2.24) is 0 Å². The molecule has 1 saturated carbocycles. The number of nitrogens with zero attached hydrogens (tertiary/aromatic N) is 2. The maximum Gasteiger partial charge on any atom is 0.317 e. The number of carbonyl (C=O) groups excluding carboxylic acids is 1. The predicted molar refractivity (Wildman–Crippen MR) is 63.1 cm³/mol. The van der Waals surface area contributed by atoms with Crippen LogP contribution in [0.1, 0.15) is 32.1 Å². The predicted octanol–water partition coefficient (Wildman–Crippen LogP) is 2.16. The van der Waals surface area contributed by atoms with Crippen molar-refractivity contribution in [1.29, 1.82) is 0 Å². The van der Waals surface area contributed by atoms with E-state index in [0.29, 0.717) is 13.0 Å². The van der Waals surface area contributed by atoms with E-state index in [4.69, 9.17) is 16.3 Å². The smallest absolute Gasteiger partial charge is 0.317 e. The van der Waals surface area contributed by atoms with Crippen LogP contribution in [-0.2, 0) is 9.53 Å². The van der Waals surface area contributed by atoms with Gasteiger partial charge in [0.05, 0.1) is 7.11 Å². The summed E-state index contributed by atoms with van der Waals surface area (Å²) in [6.07, 6.45) is 4.45. The molecule has 5 heteroatoms. The van der Waals surface area contributed by atoms with Crippen molar-refractivity contribution in [3.63, 3.8) is 0 Å². The summed E-state index contributed by atoms with van der Waals surface area (Å²) in [6.45, 7) is 0.621. The molecule has 0 aromatic heterocycles. The fraction of sp³-hybridized carbons (Fsp3) is 0.727. The Morgan fingerprint density at radius 2 is 2.12 bits per heavy atom. The van der Waals surface area contributed by atoms with E-state index in [9.17, 15) is 4.79 Å². The highest BCUT2D eigenvalue weighted by Crippen LogP contribution is 2.42. The number of aliphatic imine (C=N–C) groups is 2. The molecule has 0 bridgehead atoms. The van der Waals surface area contributed by atoms with Gasteiger partial charge in [-0.2, -0.15) is 0 Å². The van der Waals surface area contributed by atoms with Crippen LogP contribution in [0.3, 0.4) is 0 Å². The third-order valence-corrected chi connectivity index (χ3v) is 3.61. The summed E-state index contributed by atoms with van der Waals surface area (Å²) in [5.41, 5.74) is 0.335. The zero-order chi connectivity index (χ0) is 11.6. The zero-order valence-corrected chi connectivity index (χ0v) is 10.1.